The molecule has 5 heteroatoms. The first-order chi connectivity index (χ1) is 9.51. The van der Waals surface area contributed by atoms with Crippen molar-refractivity contribution in [2.24, 2.45) is 5.92 Å². The Labute approximate surface area is 122 Å². The number of hydrogen-bond donors (Lipinski definition) is 2. The van der Waals surface area contributed by atoms with E-state index in [2.05, 4.69) is 41.1 Å². The number of aromatic nitrogens is 2. The largest absolute Gasteiger partial charge is 0.383 e. The molecule has 5 nitrogen and oxygen atoms in total. The monoisotopic (exact) mass is 277 g/mol. The maximum absolute atomic E-state index is 6.01. The number of rotatable bonds is 4. The zero-order chi connectivity index (χ0) is 14.7. The van der Waals surface area contributed by atoms with E-state index in [0.717, 1.165) is 49.6 Å². The van der Waals surface area contributed by atoms with E-state index in [9.17, 15) is 0 Å². The fourth-order valence-electron chi connectivity index (χ4n) is 2.80. The molecule has 1 aromatic heterocycles. The zero-order valence-corrected chi connectivity index (χ0v) is 13.1. The maximum atomic E-state index is 6.01. The second-order valence-corrected chi connectivity index (χ2v) is 6.03. The van der Waals surface area contributed by atoms with Crippen LogP contribution in [0.15, 0.2) is 0 Å². The van der Waals surface area contributed by atoms with Crippen molar-refractivity contribution in [3.05, 3.63) is 11.4 Å². The lowest BCUT2D eigenvalue weighted by Gasteiger charge is -2.35. The van der Waals surface area contributed by atoms with Crippen LogP contribution in [0.25, 0.3) is 0 Å². The standard InChI is InChI=1S/C15H27N5/c1-5-6-13-18-14(16)11(3)15(19-13)17-12-7-8-20(4)9-10(12)2/h10,12H,5-9H2,1-4H3,(H3,16,17,18,19). The molecule has 3 N–H and O–H groups in total. The minimum Gasteiger partial charge on any atom is -0.383 e. The molecule has 1 aromatic rings. The van der Waals surface area contributed by atoms with Gasteiger partial charge in [-0.1, -0.05) is 13.8 Å². The topological polar surface area (TPSA) is 67.1 Å². The first-order valence-electron chi connectivity index (χ1n) is 7.59. The van der Waals surface area contributed by atoms with E-state index in [-0.39, 0.29) is 0 Å². The maximum Gasteiger partial charge on any atom is 0.134 e. The molecule has 20 heavy (non-hydrogen) atoms. The molecule has 0 amide bonds. The van der Waals surface area contributed by atoms with Crippen LogP contribution in [0.5, 0.6) is 0 Å². The van der Waals surface area contributed by atoms with E-state index in [1.54, 1.807) is 0 Å². The number of hydrogen-bond acceptors (Lipinski definition) is 5. The van der Waals surface area contributed by atoms with Gasteiger partial charge in [-0.25, -0.2) is 9.97 Å². The Morgan fingerprint density at radius 1 is 1.40 bits per heavy atom. The highest BCUT2D eigenvalue weighted by Gasteiger charge is 2.25. The molecule has 0 saturated carbocycles. The minimum absolute atomic E-state index is 0.466. The van der Waals surface area contributed by atoms with E-state index in [1.807, 2.05) is 6.92 Å². The lowest BCUT2D eigenvalue weighted by Crippen LogP contribution is -2.43. The molecule has 0 bridgehead atoms. The summed E-state index contributed by atoms with van der Waals surface area (Å²) >= 11 is 0. The van der Waals surface area contributed by atoms with Crippen LogP contribution < -0.4 is 11.1 Å². The summed E-state index contributed by atoms with van der Waals surface area (Å²) in [4.78, 5) is 11.4. The quantitative estimate of drug-likeness (QED) is 0.882. The van der Waals surface area contributed by atoms with Gasteiger partial charge in [-0.05, 0) is 39.3 Å². The summed E-state index contributed by atoms with van der Waals surface area (Å²) in [6.07, 6.45) is 3.05. The number of likely N-dealkylation sites (tertiary alicyclic amines) is 1. The number of nitrogens with two attached hydrogens (primary N) is 1. The molecule has 1 fully saturated rings. The van der Waals surface area contributed by atoms with Gasteiger partial charge in [-0.2, -0.15) is 0 Å². The van der Waals surface area contributed by atoms with Crippen molar-refractivity contribution in [3.8, 4) is 0 Å². The van der Waals surface area contributed by atoms with Crippen LogP contribution in [-0.2, 0) is 6.42 Å². The van der Waals surface area contributed by atoms with Gasteiger partial charge in [0.05, 0.1) is 0 Å². The third kappa shape index (κ3) is 3.39. The second kappa shape index (κ2) is 6.39. The molecular weight excluding hydrogens is 250 g/mol. The molecule has 0 spiro atoms. The molecule has 2 atom stereocenters. The van der Waals surface area contributed by atoms with Gasteiger partial charge in [0.25, 0.3) is 0 Å². The minimum atomic E-state index is 0.466. The lowest BCUT2D eigenvalue weighted by atomic mass is 9.94. The Hall–Kier alpha value is -1.36. The zero-order valence-electron chi connectivity index (χ0n) is 13.1. The van der Waals surface area contributed by atoms with E-state index in [1.165, 1.54) is 0 Å². The van der Waals surface area contributed by atoms with Crippen molar-refractivity contribution in [2.45, 2.75) is 46.1 Å². The predicted octanol–water partition coefficient (Wildman–Crippen LogP) is 2.07. The third-order valence-electron chi connectivity index (χ3n) is 4.13. The summed E-state index contributed by atoms with van der Waals surface area (Å²) in [5.41, 5.74) is 6.98. The highest BCUT2D eigenvalue weighted by molar-refractivity contribution is 5.55. The van der Waals surface area contributed by atoms with Gasteiger partial charge in [0.15, 0.2) is 0 Å². The smallest absolute Gasteiger partial charge is 0.134 e. The van der Waals surface area contributed by atoms with E-state index >= 15 is 0 Å². The average molecular weight is 277 g/mol. The van der Waals surface area contributed by atoms with Gasteiger partial charge >= 0.3 is 0 Å². The van der Waals surface area contributed by atoms with Gasteiger partial charge in [-0.15, -0.1) is 0 Å². The number of nitrogen functional groups attached to an aromatic ring is 1. The molecule has 2 heterocycles. The van der Waals surface area contributed by atoms with Gasteiger partial charge in [0, 0.05) is 24.6 Å². The van der Waals surface area contributed by atoms with Crippen LogP contribution in [-0.4, -0.2) is 41.0 Å². The highest BCUT2D eigenvalue weighted by atomic mass is 15.1. The molecule has 1 aliphatic heterocycles. The number of nitrogens with one attached hydrogen (secondary N) is 1. The van der Waals surface area contributed by atoms with Crippen LogP contribution in [0, 0.1) is 12.8 Å². The molecular formula is C15H27N5. The molecule has 1 aliphatic rings. The van der Waals surface area contributed by atoms with Crippen LogP contribution in [0.1, 0.15) is 38.1 Å². The Kier molecular flexibility index (Phi) is 4.81. The van der Waals surface area contributed by atoms with Crippen molar-refractivity contribution in [1.82, 2.24) is 14.9 Å². The van der Waals surface area contributed by atoms with Gasteiger partial charge in [-0.3, -0.25) is 0 Å². The van der Waals surface area contributed by atoms with Crippen molar-refractivity contribution in [1.29, 1.82) is 0 Å². The van der Waals surface area contributed by atoms with E-state index in [0.29, 0.717) is 17.8 Å². The fourth-order valence-corrected chi connectivity index (χ4v) is 2.80. The normalized spacial score (nSPS) is 23.8. The summed E-state index contributed by atoms with van der Waals surface area (Å²) < 4.78 is 0. The van der Waals surface area contributed by atoms with Crippen LogP contribution in [0.2, 0.25) is 0 Å². The Balaban J connectivity index is 2.15. The fraction of sp³-hybridized carbons (Fsp3) is 0.733. The summed E-state index contributed by atoms with van der Waals surface area (Å²) in [5, 5.41) is 3.60. The van der Waals surface area contributed by atoms with Crippen molar-refractivity contribution in [3.63, 3.8) is 0 Å². The third-order valence-corrected chi connectivity index (χ3v) is 4.13. The molecule has 0 aromatic carbocycles. The molecule has 0 radical (unpaired) electrons. The van der Waals surface area contributed by atoms with Crippen molar-refractivity contribution >= 4 is 11.6 Å². The van der Waals surface area contributed by atoms with E-state index < -0.39 is 0 Å². The predicted molar refractivity (Wildman–Crippen MR) is 83.9 cm³/mol. The number of piperidine rings is 1. The summed E-state index contributed by atoms with van der Waals surface area (Å²) in [6, 6.07) is 0.466. The van der Waals surface area contributed by atoms with E-state index in [4.69, 9.17) is 5.73 Å². The van der Waals surface area contributed by atoms with Gasteiger partial charge in [0.1, 0.15) is 17.5 Å². The second-order valence-electron chi connectivity index (χ2n) is 6.03. The summed E-state index contributed by atoms with van der Waals surface area (Å²) in [6.45, 7) is 8.67. The Morgan fingerprint density at radius 3 is 2.80 bits per heavy atom. The highest BCUT2D eigenvalue weighted by Crippen LogP contribution is 2.23. The summed E-state index contributed by atoms with van der Waals surface area (Å²) in [7, 11) is 2.18. The van der Waals surface area contributed by atoms with Crippen molar-refractivity contribution in [2.75, 3.05) is 31.2 Å². The number of nitrogens with zero attached hydrogens (tertiary/aromatic N) is 3. The number of aryl methyl sites for hydroxylation is 1. The molecule has 1 saturated heterocycles. The van der Waals surface area contributed by atoms with Crippen LogP contribution in [0.4, 0.5) is 11.6 Å². The van der Waals surface area contributed by atoms with Crippen LogP contribution >= 0.6 is 0 Å². The summed E-state index contributed by atoms with van der Waals surface area (Å²) in [5.74, 6) is 2.98. The lowest BCUT2D eigenvalue weighted by molar-refractivity contribution is 0.206. The molecule has 2 rings (SSSR count). The molecule has 112 valence electrons. The van der Waals surface area contributed by atoms with Crippen LogP contribution in [0.3, 0.4) is 0 Å². The molecule has 0 aliphatic carbocycles. The average Bonchev–Trinajstić information content (AvgIpc) is 2.39. The van der Waals surface area contributed by atoms with Crippen molar-refractivity contribution < 1.29 is 0 Å². The van der Waals surface area contributed by atoms with Gasteiger partial charge < -0.3 is 16.0 Å². The number of anilines is 2. The Morgan fingerprint density at radius 2 is 2.15 bits per heavy atom. The Bertz CT molecular complexity index is 460. The SMILES string of the molecule is CCCc1nc(N)c(C)c(NC2CCN(C)CC2C)n1. The first-order valence-corrected chi connectivity index (χ1v) is 7.59. The molecule has 2 unspecified atom stereocenters. The van der Waals surface area contributed by atoms with Gasteiger partial charge in [0.2, 0.25) is 0 Å². The first kappa shape index (κ1) is 15.0.